The second-order valence-electron chi connectivity index (χ2n) is 2.67. The average molecular weight is 165 g/mol. The van der Waals surface area contributed by atoms with Crippen molar-refractivity contribution in [1.82, 2.24) is 9.78 Å². The second-order valence-corrected chi connectivity index (χ2v) is 2.67. The lowest BCUT2D eigenvalue weighted by Gasteiger charge is -2.05. The molecule has 0 bridgehead atoms. The maximum absolute atomic E-state index is 5.44. The fourth-order valence-corrected chi connectivity index (χ4v) is 1.19. The first kappa shape index (κ1) is 9.00. The van der Waals surface area contributed by atoms with Gasteiger partial charge in [0.1, 0.15) is 0 Å². The lowest BCUT2D eigenvalue weighted by Crippen LogP contribution is -2.05. The molecule has 0 atom stereocenters. The fraction of sp³-hybridized carbons (Fsp3) is 0.444. The summed E-state index contributed by atoms with van der Waals surface area (Å²) >= 11 is 0. The third-order valence-corrected chi connectivity index (χ3v) is 1.82. The first-order valence-electron chi connectivity index (χ1n) is 4.19. The number of nitrogens with zero attached hydrogens (tertiary/aromatic N) is 2. The van der Waals surface area contributed by atoms with Crippen LogP contribution in [0.15, 0.2) is 18.8 Å². The molecule has 0 spiro atoms. The Hall–Kier alpha value is -1.09. The summed E-state index contributed by atoms with van der Waals surface area (Å²) in [5.41, 5.74) is 7.60. The van der Waals surface area contributed by atoms with E-state index in [1.807, 2.05) is 10.7 Å². The van der Waals surface area contributed by atoms with E-state index in [9.17, 15) is 0 Å². The lowest BCUT2D eigenvalue weighted by molar-refractivity contribution is 0.649. The smallest absolute Gasteiger partial charge is 0.0636 e. The van der Waals surface area contributed by atoms with Gasteiger partial charge in [0.05, 0.1) is 5.69 Å². The Balaban J connectivity index is 2.79. The van der Waals surface area contributed by atoms with Crippen molar-refractivity contribution in [3.8, 4) is 0 Å². The Kier molecular flexibility index (Phi) is 3.05. The molecule has 0 aromatic carbocycles. The summed E-state index contributed by atoms with van der Waals surface area (Å²) in [6, 6.07) is 1.97. The van der Waals surface area contributed by atoms with Crippen molar-refractivity contribution in [2.24, 2.45) is 5.73 Å². The summed E-state index contributed by atoms with van der Waals surface area (Å²) in [6.07, 6.45) is 2.63. The quantitative estimate of drug-likeness (QED) is 0.730. The minimum atomic E-state index is 0.647. The second kappa shape index (κ2) is 4.07. The Labute approximate surface area is 72.9 Å². The normalized spacial score (nSPS) is 10.2. The molecule has 0 saturated heterocycles. The van der Waals surface area contributed by atoms with Crippen LogP contribution in [0.25, 0.3) is 5.57 Å². The first-order chi connectivity index (χ1) is 5.79. The van der Waals surface area contributed by atoms with Crippen LogP contribution in [0, 0.1) is 0 Å². The standard InChI is InChI=1S/C9H15N3/c1-3-12-9(5-7-11-12)8(2)4-6-10/h5,7H,2-4,6,10H2,1H3. The van der Waals surface area contributed by atoms with Gasteiger partial charge in [0, 0.05) is 12.7 Å². The van der Waals surface area contributed by atoms with Gasteiger partial charge in [0.15, 0.2) is 0 Å². The van der Waals surface area contributed by atoms with Crippen LogP contribution in [0.2, 0.25) is 0 Å². The summed E-state index contributed by atoms with van der Waals surface area (Å²) < 4.78 is 1.93. The van der Waals surface area contributed by atoms with Crippen LogP contribution in [0.5, 0.6) is 0 Å². The van der Waals surface area contributed by atoms with E-state index in [4.69, 9.17) is 5.73 Å². The summed E-state index contributed by atoms with van der Waals surface area (Å²) in [4.78, 5) is 0. The van der Waals surface area contributed by atoms with Gasteiger partial charge in [0.2, 0.25) is 0 Å². The van der Waals surface area contributed by atoms with Crippen molar-refractivity contribution >= 4 is 5.57 Å². The summed E-state index contributed by atoms with van der Waals surface area (Å²) in [7, 11) is 0. The van der Waals surface area contributed by atoms with Crippen molar-refractivity contribution < 1.29 is 0 Å². The van der Waals surface area contributed by atoms with Crippen molar-refractivity contribution in [2.45, 2.75) is 19.9 Å². The number of aromatic nitrogens is 2. The lowest BCUT2D eigenvalue weighted by atomic mass is 10.1. The van der Waals surface area contributed by atoms with Crippen LogP contribution in [-0.2, 0) is 6.54 Å². The number of rotatable bonds is 4. The molecule has 2 N–H and O–H groups in total. The van der Waals surface area contributed by atoms with Crippen LogP contribution in [-0.4, -0.2) is 16.3 Å². The van der Waals surface area contributed by atoms with Crippen molar-refractivity contribution in [2.75, 3.05) is 6.54 Å². The minimum absolute atomic E-state index is 0.647. The Morgan fingerprint density at radius 1 is 1.75 bits per heavy atom. The van der Waals surface area contributed by atoms with Gasteiger partial charge >= 0.3 is 0 Å². The highest BCUT2D eigenvalue weighted by Crippen LogP contribution is 2.14. The van der Waals surface area contributed by atoms with E-state index in [0.29, 0.717) is 6.54 Å². The Morgan fingerprint density at radius 2 is 2.50 bits per heavy atom. The van der Waals surface area contributed by atoms with Gasteiger partial charge in [-0.2, -0.15) is 5.10 Å². The SMILES string of the molecule is C=C(CCN)c1ccnn1CC. The van der Waals surface area contributed by atoms with E-state index in [-0.39, 0.29) is 0 Å². The zero-order chi connectivity index (χ0) is 8.97. The van der Waals surface area contributed by atoms with Crippen LogP contribution in [0.4, 0.5) is 0 Å². The van der Waals surface area contributed by atoms with Gasteiger partial charge in [-0.3, -0.25) is 4.68 Å². The molecule has 0 amide bonds. The maximum atomic E-state index is 5.44. The zero-order valence-corrected chi connectivity index (χ0v) is 7.45. The fourth-order valence-electron chi connectivity index (χ4n) is 1.19. The van der Waals surface area contributed by atoms with Crippen LogP contribution in [0.1, 0.15) is 19.0 Å². The summed E-state index contributed by atoms with van der Waals surface area (Å²) in [5.74, 6) is 0. The molecule has 3 nitrogen and oxygen atoms in total. The predicted molar refractivity (Wildman–Crippen MR) is 50.6 cm³/mol. The van der Waals surface area contributed by atoms with Crippen LogP contribution in [0.3, 0.4) is 0 Å². The highest BCUT2D eigenvalue weighted by molar-refractivity contribution is 5.60. The molecule has 0 aliphatic heterocycles. The van der Waals surface area contributed by atoms with Gasteiger partial charge in [-0.15, -0.1) is 0 Å². The molecule has 1 heterocycles. The van der Waals surface area contributed by atoms with E-state index < -0.39 is 0 Å². The van der Waals surface area contributed by atoms with Gasteiger partial charge in [-0.05, 0) is 31.5 Å². The Morgan fingerprint density at radius 3 is 3.08 bits per heavy atom. The zero-order valence-electron chi connectivity index (χ0n) is 7.45. The molecule has 0 aliphatic rings. The van der Waals surface area contributed by atoms with Crippen LogP contribution < -0.4 is 5.73 Å². The number of aryl methyl sites for hydroxylation is 1. The summed E-state index contributed by atoms with van der Waals surface area (Å²) in [6.45, 7) is 7.54. The monoisotopic (exact) mass is 165 g/mol. The van der Waals surface area contributed by atoms with Gasteiger partial charge in [-0.1, -0.05) is 6.58 Å². The molecule has 1 aromatic rings. The van der Waals surface area contributed by atoms with Crippen molar-refractivity contribution in [3.05, 3.63) is 24.5 Å². The molecule has 0 unspecified atom stereocenters. The molecule has 0 radical (unpaired) electrons. The molecule has 1 rings (SSSR count). The predicted octanol–water partition coefficient (Wildman–Crippen LogP) is 1.27. The number of hydrogen-bond donors (Lipinski definition) is 1. The van der Waals surface area contributed by atoms with E-state index in [1.165, 1.54) is 0 Å². The third-order valence-electron chi connectivity index (χ3n) is 1.82. The largest absolute Gasteiger partial charge is 0.330 e. The first-order valence-corrected chi connectivity index (χ1v) is 4.19. The van der Waals surface area contributed by atoms with E-state index >= 15 is 0 Å². The van der Waals surface area contributed by atoms with E-state index in [2.05, 4.69) is 18.6 Å². The Bertz CT molecular complexity index is 262. The van der Waals surface area contributed by atoms with Crippen molar-refractivity contribution in [1.29, 1.82) is 0 Å². The summed E-state index contributed by atoms with van der Waals surface area (Å²) in [5, 5.41) is 4.15. The molecule has 1 aromatic heterocycles. The average Bonchev–Trinajstić information content (AvgIpc) is 2.51. The molecule has 0 saturated carbocycles. The maximum Gasteiger partial charge on any atom is 0.0636 e. The highest BCUT2D eigenvalue weighted by Gasteiger charge is 2.03. The molecule has 0 aliphatic carbocycles. The van der Waals surface area contributed by atoms with Gasteiger partial charge < -0.3 is 5.73 Å². The minimum Gasteiger partial charge on any atom is -0.330 e. The molecule has 12 heavy (non-hydrogen) atoms. The topological polar surface area (TPSA) is 43.8 Å². The highest BCUT2D eigenvalue weighted by atomic mass is 15.3. The van der Waals surface area contributed by atoms with Gasteiger partial charge in [-0.25, -0.2) is 0 Å². The van der Waals surface area contributed by atoms with E-state index in [0.717, 1.165) is 24.2 Å². The van der Waals surface area contributed by atoms with Gasteiger partial charge in [0.25, 0.3) is 0 Å². The molecular formula is C9H15N3. The van der Waals surface area contributed by atoms with E-state index in [1.54, 1.807) is 6.20 Å². The number of nitrogens with two attached hydrogens (primary N) is 1. The molecule has 0 fully saturated rings. The molecule has 66 valence electrons. The molecular weight excluding hydrogens is 150 g/mol. The molecule has 3 heteroatoms. The van der Waals surface area contributed by atoms with Crippen LogP contribution >= 0.6 is 0 Å². The third kappa shape index (κ3) is 1.74. The van der Waals surface area contributed by atoms with Crippen molar-refractivity contribution in [3.63, 3.8) is 0 Å². The number of hydrogen-bond acceptors (Lipinski definition) is 2.